The third-order valence-electron chi connectivity index (χ3n) is 6.63. The van der Waals surface area contributed by atoms with Crippen LogP contribution in [0.1, 0.15) is 24.0 Å². The first-order valence-electron chi connectivity index (χ1n) is 12.5. The lowest BCUT2D eigenvalue weighted by atomic mass is 9.94. The first-order valence-corrected chi connectivity index (χ1v) is 12.5. The minimum atomic E-state index is -0.940. The van der Waals surface area contributed by atoms with Gasteiger partial charge in [-0.2, -0.15) is 5.10 Å². The summed E-state index contributed by atoms with van der Waals surface area (Å²) in [6.07, 6.45) is 2.71. The lowest BCUT2D eigenvalue weighted by molar-refractivity contribution is 0.119. The van der Waals surface area contributed by atoms with Crippen LogP contribution in [0.15, 0.2) is 60.9 Å². The highest BCUT2D eigenvalue weighted by Gasteiger charge is 2.36. The molecule has 2 aromatic carbocycles. The molecular formula is C27H29F2N7O3. The summed E-state index contributed by atoms with van der Waals surface area (Å²) < 4.78 is 35.0. The van der Waals surface area contributed by atoms with E-state index in [1.54, 1.807) is 30.9 Å². The van der Waals surface area contributed by atoms with Crippen molar-refractivity contribution in [1.82, 2.24) is 25.3 Å². The number of H-pyrrole nitrogens is 1. The molecule has 0 aliphatic carbocycles. The molecule has 3 atom stereocenters. The molecule has 4 aromatic rings. The van der Waals surface area contributed by atoms with Crippen LogP contribution in [0.3, 0.4) is 0 Å². The van der Waals surface area contributed by atoms with Gasteiger partial charge in [0.2, 0.25) is 5.88 Å². The topological polar surface area (TPSA) is 120 Å². The van der Waals surface area contributed by atoms with Gasteiger partial charge in [-0.15, -0.1) is 5.10 Å². The van der Waals surface area contributed by atoms with E-state index in [-0.39, 0.29) is 18.4 Å². The second kappa shape index (κ2) is 11.1. The highest BCUT2D eigenvalue weighted by atomic mass is 19.2. The summed E-state index contributed by atoms with van der Waals surface area (Å²) in [5.41, 5.74) is 2.68. The van der Waals surface area contributed by atoms with Crippen LogP contribution in [0.4, 0.5) is 25.1 Å². The van der Waals surface area contributed by atoms with Crippen molar-refractivity contribution in [1.29, 1.82) is 0 Å². The number of benzene rings is 2. The zero-order chi connectivity index (χ0) is 27.5. The molecule has 1 unspecified atom stereocenters. The lowest BCUT2D eigenvalue weighted by Gasteiger charge is -2.21. The summed E-state index contributed by atoms with van der Waals surface area (Å²) in [4.78, 5) is 15.4. The number of aromatic nitrogens is 4. The second-order valence-electron chi connectivity index (χ2n) is 9.53. The van der Waals surface area contributed by atoms with Gasteiger partial charge in [0.15, 0.2) is 11.6 Å². The number of ether oxygens (including phenoxy) is 1. The number of hydrogen-bond acceptors (Lipinski definition) is 6. The van der Waals surface area contributed by atoms with Crippen molar-refractivity contribution in [3.8, 4) is 11.6 Å². The van der Waals surface area contributed by atoms with Gasteiger partial charge in [-0.05, 0) is 43.7 Å². The van der Waals surface area contributed by atoms with Crippen LogP contribution in [-0.2, 0) is 0 Å². The first-order chi connectivity index (χ1) is 18.8. The number of hydrogen-bond donors (Lipinski definition) is 4. The van der Waals surface area contributed by atoms with Crippen LogP contribution < -0.4 is 20.3 Å². The van der Waals surface area contributed by atoms with Gasteiger partial charge in [0.05, 0.1) is 35.3 Å². The molecule has 12 heteroatoms. The number of nitrogens with one attached hydrogen (secondary N) is 3. The molecule has 0 bridgehead atoms. The van der Waals surface area contributed by atoms with Crippen LogP contribution in [0.2, 0.25) is 0 Å². The van der Waals surface area contributed by atoms with E-state index in [1.807, 2.05) is 35.2 Å². The van der Waals surface area contributed by atoms with Crippen molar-refractivity contribution in [3.63, 3.8) is 0 Å². The zero-order valence-corrected chi connectivity index (χ0v) is 21.4. The number of carbonyl (C=O) groups is 1. The molecule has 2 aromatic heterocycles. The van der Waals surface area contributed by atoms with E-state index in [2.05, 4.69) is 25.9 Å². The number of halogens is 2. The monoisotopic (exact) mass is 537 g/mol. The first kappa shape index (κ1) is 26.2. The minimum absolute atomic E-state index is 0.0418. The van der Waals surface area contributed by atoms with Crippen molar-refractivity contribution in [2.24, 2.45) is 0 Å². The van der Waals surface area contributed by atoms with Crippen molar-refractivity contribution >= 4 is 17.5 Å². The van der Waals surface area contributed by atoms with E-state index < -0.39 is 29.8 Å². The van der Waals surface area contributed by atoms with E-state index in [0.29, 0.717) is 35.7 Å². The Bertz CT molecular complexity index is 1430. The zero-order valence-electron chi connectivity index (χ0n) is 21.4. The molecule has 10 nitrogen and oxygen atoms in total. The maximum absolute atomic E-state index is 14.1. The lowest BCUT2D eigenvalue weighted by Crippen LogP contribution is -2.42. The fraction of sp³-hybridized carbons (Fsp3) is 0.296. The van der Waals surface area contributed by atoms with Gasteiger partial charge in [0.25, 0.3) is 0 Å². The molecule has 4 N–H and O–H groups in total. The number of aliphatic hydroxyl groups is 1. The van der Waals surface area contributed by atoms with Crippen LogP contribution in [0.5, 0.6) is 5.88 Å². The number of aromatic amines is 1. The van der Waals surface area contributed by atoms with E-state index in [9.17, 15) is 18.7 Å². The summed E-state index contributed by atoms with van der Waals surface area (Å²) in [6.45, 7) is 4.30. The normalized spacial score (nSPS) is 17.7. The summed E-state index contributed by atoms with van der Waals surface area (Å²) in [7, 11) is 0. The van der Waals surface area contributed by atoms with E-state index in [4.69, 9.17) is 4.74 Å². The molecule has 1 aliphatic heterocycles. The Morgan fingerprint density at radius 1 is 1.18 bits per heavy atom. The maximum Gasteiger partial charge on any atom is 0.320 e. The molecule has 0 spiro atoms. The van der Waals surface area contributed by atoms with Gasteiger partial charge < -0.3 is 20.1 Å². The predicted molar refractivity (Wildman–Crippen MR) is 141 cm³/mol. The largest absolute Gasteiger partial charge is 0.474 e. The van der Waals surface area contributed by atoms with Gasteiger partial charge in [-0.3, -0.25) is 10.4 Å². The number of para-hydroxylation sites is 1. The quantitative estimate of drug-likeness (QED) is 0.272. The molecule has 1 fully saturated rings. The van der Waals surface area contributed by atoms with Gasteiger partial charge >= 0.3 is 6.03 Å². The van der Waals surface area contributed by atoms with E-state index >= 15 is 0 Å². The van der Waals surface area contributed by atoms with Gasteiger partial charge in [-0.25, -0.2) is 18.3 Å². The Balaban J connectivity index is 1.40. The van der Waals surface area contributed by atoms with Crippen LogP contribution in [-0.4, -0.2) is 63.0 Å². The number of carbonyl (C=O) groups excluding carboxylic acids is 1. The number of urea groups is 1. The number of rotatable bonds is 8. The highest BCUT2D eigenvalue weighted by molar-refractivity contribution is 5.90. The van der Waals surface area contributed by atoms with Crippen molar-refractivity contribution in [2.75, 3.05) is 29.9 Å². The summed E-state index contributed by atoms with van der Waals surface area (Å²) in [6, 6.07) is 12.1. The Hall–Kier alpha value is -4.45. The Morgan fingerprint density at radius 2 is 1.97 bits per heavy atom. The van der Waals surface area contributed by atoms with Gasteiger partial charge in [-0.1, -0.05) is 24.3 Å². The highest BCUT2D eigenvalue weighted by Crippen LogP contribution is 2.32. The molecule has 2 amide bonds. The fourth-order valence-corrected chi connectivity index (χ4v) is 4.69. The van der Waals surface area contributed by atoms with Crippen molar-refractivity contribution in [2.45, 2.75) is 31.9 Å². The molecule has 5 rings (SSSR count). The third kappa shape index (κ3) is 5.70. The number of anilines is 2. The molecule has 1 saturated heterocycles. The van der Waals surface area contributed by atoms with E-state index in [0.717, 1.165) is 11.8 Å². The maximum atomic E-state index is 14.1. The third-order valence-corrected chi connectivity index (χ3v) is 6.63. The van der Waals surface area contributed by atoms with Crippen LogP contribution >= 0.6 is 0 Å². The summed E-state index contributed by atoms with van der Waals surface area (Å²) >= 11 is 0. The molecule has 1 aliphatic rings. The fourth-order valence-electron chi connectivity index (χ4n) is 4.69. The summed E-state index contributed by atoms with van der Waals surface area (Å²) in [5.74, 6) is -1.51. The molecule has 0 saturated carbocycles. The number of aliphatic hydroxyl groups excluding tert-OH is 1. The van der Waals surface area contributed by atoms with Crippen LogP contribution in [0.25, 0.3) is 5.69 Å². The molecule has 0 radical (unpaired) electrons. The SMILES string of the molecule is Cc1c(OCC(C)O)nn(-c2ccccc2)c1NC(=O)N[C@@H]1CN(c2cn[nH]c2)C[C@H]1c1ccc(F)c(F)c1. The average molecular weight is 538 g/mol. The van der Waals surface area contributed by atoms with Crippen molar-refractivity contribution < 1.29 is 23.4 Å². The number of nitrogens with zero attached hydrogens (tertiary/aromatic N) is 4. The molecular weight excluding hydrogens is 508 g/mol. The Labute approximate surface area is 223 Å². The predicted octanol–water partition coefficient (Wildman–Crippen LogP) is 3.74. The average Bonchev–Trinajstić information content (AvgIpc) is 3.66. The smallest absolute Gasteiger partial charge is 0.320 e. The van der Waals surface area contributed by atoms with Gasteiger partial charge in [0, 0.05) is 25.2 Å². The van der Waals surface area contributed by atoms with Gasteiger partial charge in [0.1, 0.15) is 12.4 Å². The summed E-state index contributed by atoms with van der Waals surface area (Å²) in [5, 5.41) is 26.8. The standard InChI is InChI=1S/C27H29F2N7O3/c1-16(37)15-39-26-17(2)25(36(34-26)19-6-4-3-5-7-19)33-27(38)32-24-14-35(20-11-30-31-12-20)13-21(24)18-8-9-22(28)23(29)10-18/h3-12,16,21,24,37H,13-15H2,1-2H3,(H,30,31)(H2,32,33,38)/t16?,21-,24+/m0/s1. The Morgan fingerprint density at radius 3 is 2.67 bits per heavy atom. The van der Waals surface area contributed by atoms with Crippen molar-refractivity contribution in [3.05, 3.63) is 83.7 Å². The van der Waals surface area contributed by atoms with E-state index in [1.165, 1.54) is 12.1 Å². The molecule has 204 valence electrons. The minimum Gasteiger partial charge on any atom is -0.474 e. The van der Waals surface area contributed by atoms with Crippen LogP contribution in [0, 0.1) is 18.6 Å². The number of amides is 2. The Kier molecular flexibility index (Phi) is 7.46. The molecule has 39 heavy (non-hydrogen) atoms. The second-order valence-corrected chi connectivity index (χ2v) is 9.53. The molecule has 3 heterocycles.